The number of hydrogen-bond acceptors (Lipinski definition) is 8. The average Bonchev–Trinajstić information content (AvgIpc) is 3.48. The first kappa shape index (κ1) is 28.8. The third kappa shape index (κ3) is 6.45. The summed E-state index contributed by atoms with van der Waals surface area (Å²) < 4.78 is 8.89. The molecule has 1 aliphatic heterocycles. The van der Waals surface area contributed by atoms with Crippen molar-refractivity contribution in [3.63, 3.8) is 0 Å². The van der Waals surface area contributed by atoms with Crippen LogP contribution in [0.4, 0.5) is 16.3 Å². The fourth-order valence-electron chi connectivity index (χ4n) is 5.17. The zero-order valence-electron chi connectivity index (χ0n) is 24.8. The van der Waals surface area contributed by atoms with Gasteiger partial charge in [-0.2, -0.15) is 5.10 Å². The van der Waals surface area contributed by atoms with Gasteiger partial charge in [0.05, 0.1) is 24.0 Å². The SMILES string of the molecule is CC(=O)NCc1nc(C)cn2cc(NC(=O)c3ccc(N4CCC(NC(=O)OC(C)(C)C)CC4)c4cn(C)nc34)nc12. The number of anilines is 2. The van der Waals surface area contributed by atoms with Crippen LogP contribution < -0.4 is 20.9 Å². The molecular formula is C29H37N9O4. The smallest absolute Gasteiger partial charge is 0.407 e. The van der Waals surface area contributed by atoms with Crippen LogP contribution >= 0.6 is 0 Å². The number of ether oxygens (including phenoxy) is 1. The summed E-state index contributed by atoms with van der Waals surface area (Å²) in [6, 6.07) is 3.77. The maximum Gasteiger partial charge on any atom is 0.407 e. The first-order chi connectivity index (χ1) is 19.9. The Hall–Kier alpha value is -4.68. The van der Waals surface area contributed by atoms with Crippen molar-refractivity contribution in [2.24, 2.45) is 7.05 Å². The van der Waals surface area contributed by atoms with Gasteiger partial charge in [-0.05, 0) is 52.7 Å². The van der Waals surface area contributed by atoms with Gasteiger partial charge in [-0.25, -0.2) is 9.78 Å². The summed E-state index contributed by atoms with van der Waals surface area (Å²) in [5.41, 5.74) is 3.38. The summed E-state index contributed by atoms with van der Waals surface area (Å²) in [6.45, 7) is 10.6. The number of piperidine rings is 1. The van der Waals surface area contributed by atoms with E-state index in [0.717, 1.165) is 42.7 Å². The lowest BCUT2D eigenvalue weighted by Gasteiger charge is -2.34. The lowest BCUT2D eigenvalue weighted by Crippen LogP contribution is -2.46. The molecule has 0 radical (unpaired) electrons. The largest absolute Gasteiger partial charge is 0.444 e. The van der Waals surface area contributed by atoms with Crippen LogP contribution in [0.2, 0.25) is 0 Å². The number of fused-ring (bicyclic) bond motifs is 2. The highest BCUT2D eigenvalue weighted by Crippen LogP contribution is 2.31. The molecule has 3 N–H and O–H groups in total. The topological polar surface area (TPSA) is 148 Å². The number of hydrogen-bond donors (Lipinski definition) is 3. The standard InChI is InChI=1S/C29H37N9O4/c1-17-14-38-16-24(33-26(38)22(31-17)13-30-18(2)39)34-27(40)20-7-8-23(21-15-36(6)35-25(20)21)37-11-9-19(10-12-37)32-28(41)42-29(3,4)5/h7-8,14-16,19H,9-13H2,1-6H3,(H,30,39)(H,32,41)(H,34,40). The summed E-state index contributed by atoms with van der Waals surface area (Å²) in [4.78, 5) is 48.4. The Morgan fingerprint density at radius 2 is 1.81 bits per heavy atom. The van der Waals surface area contributed by atoms with E-state index in [9.17, 15) is 14.4 Å². The van der Waals surface area contributed by atoms with Crippen LogP contribution in [0.25, 0.3) is 16.6 Å². The average molecular weight is 576 g/mol. The molecule has 13 nitrogen and oxygen atoms in total. The van der Waals surface area contributed by atoms with Gasteiger partial charge >= 0.3 is 6.09 Å². The molecule has 5 rings (SSSR count). The summed E-state index contributed by atoms with van der Waals surface area (Å²) in [5.74, 6) is -0.132. The first-order valence-electron chi connectivity index (χ1n) is 14.0. The third-order valence-electron chi connectivity index (χ3n) is 6.94. The third-order valence-corrected chi connectivity index (χ3v) is 6.94. The van der Waals surface area contributed by atoms with E-state index in [1.807, 2.05) is 53.2 Å². The minimum Gasteiger partial charge on any atom is -0.444 e. The minimum absolute atomic E-state index is 0.0358. The quantitative estimate of drug-likeness (QED) is 0.317. The van der Waals surface area contributed by atoms with E-state index in [4.69, 9.17) is 4.74 Å². The van der Waals surface area contributed by atoms with Crippen molar-refractivity contribution in [1.82, 2.24) is 34.8 Å². The number of rotatable bonds is 6. The number of carbonyl (C=O) groups excluding carboxylic acids is 3. The maximum absolute atomic E-state index is 13.5. The molecule has 3 aromatic heterocycles. The highest BCUT2D eigenvalue weighted by molar-refractivity contribution is 6.13. The second kappa shape index (κ2) is 11.3. The molecule has 0 aliphatic carbocycles. The lowest BCUT2D eigenvalue weighted by molar-refractivity contribution is -0.119. The highest BCUT2D eigenvalue weighted by atomic mass is 16.6. The number of aryl methyl sites for hydroxylation is 2. The molecule has 0 atom stereocenters. The molecule has 0 bridgehead atoms. The Bertz CT molecular complexity index is 1660. The molecule has 4 heterocycles. The second-order valence-electron chi connectivity index (χ2n) is 11.7. The monoisotopic (exact) mass is 575 g/mol. The molecule has 4 aromatic rings. The van der Waals surface area contributed by atoms with Crippen molar-refractivity contribution in [3.8, 4) is 0 Å². The molecule has 13 heteroatoms. The van der Waals surface area contributed by atoms with E-state index in [1.54, 1.807) is 21.3 Å². The van der Waals surface area contributed by atoms with E-state index in [-0.39, 0.29) is 24.4 Å². The predicted octanol–water partition coefficient (Wildman–Crippen LogP) is 3.31. The van der Waals surface area contributed by atoms with Crippen molar-refractivity contribution in [1.29, 1.82) is 0 Å². The molecule has 1 aliphatic rings. The van der Waals surface area contributed by atoms with Crippen LogP contribution in [-0.2, 0) is 23.1 Å². The Morgan fingerprint density at radius 1 is 1.07 bits per heavy atom. The molecule has 1 fully saturated rings. The van der Waals surface area contributed by atoms with Crippen LogP contribution in [0.15, 0.2) is 30.7 Å². The molecular weight excluding hydrogens is 538 g/mol. The van der Waals surface area contributed by atoms with Gasteiger partial charge < -0.3 is 30.0 Å². The lowest BCUT2D eigenvalue weighted by atomic mass is 10.0. The van der Waals surface area contributed by atoms with Crippen molar-refractivity contribution in [2.45, 2.75) is 65.6 Å². The van der Waals surface area contributed by atoms with Crippen LogP contribution in [0.5, 0.6) is 0 Å². The Balaban J connectivity index is 1.32. The first-order valence-corrected chi connectivity index (χ1v) is 14.0. The number of nitrogens with zero attached hydrogens (tertiary/aromatic N) is 6. The van der Waals surface area contributed by atoms with Gasteiger partial charge in [0, 0.05) is 56.6 Å². The number of alkyl carbamates (subject to hydrolysis) is 1. The van der Waals surface area contributed by atoms with Gasteiger partial charge in [-0.15, -0.1) is 0 Å². The normalized spacial score (nSPS) is 14.3. The maximum atomic E-state index is 13.5. The van der Waals surface area contributed by atoms with Crippen LogP contribution in [0.1, 0.15) is 62.3 Å². The van der Waals surface area contributed by atoms with E-state index < -0.39 is 11.7 Å². The summed E-state index contributed by atoms with van der Waals surface area (Å²) in [7, 11) is 1.83. The second-order valence-corrected chi connectivity index (χ2v) is 11.7. The van der Waals surface area contributed by atoms with Gasteiger partial charge in [0.25, 0.3) is 5.91 Å². The molecule has 3 amide bonds. The van der Waals surface area contributed by atoms with Gasteiger partial charge in [-0.3, -0.25) is 19.3 Å². The molecule has 0 spiro atoms. The molecule has 0 unspecified atom stereocenters. The van der Waals surface area contributed by atoms with Crippen molar-refractivity contribution >= 4 is 46.0 Å². The summed E-state index contributed by atoms with van der Waals surface area (Å²) in [5, 5.41) is 14.1. The van der Waals surface area contributed by atoms with Crippen LogP contribution in [0.3, 0.4) is 0 Å². The summed E-state index contributed by atoms with van der Waals surface area (Å²) >= 11 is 0. The predicted molar refractivity (Wildman–Crippen MR) is 159 cm³/mol. The fraction of sp³-hybridized carbons (Fsp3) is 0.448. The van der Waals surface area contributed by atoms with E-state index in [1.165, 1.54) is 6.92 Å². The number of carbonyl (C=O) groups is 3. The number of aromatic nitrogens is 5. The molecule has 1 saturated heterocycles. The van der Waals surface area contributed by atoms with Gasteiger partial charge in [0.1, 0.15) is 16.8 Å². The zero-order chi connectivity index (χ0) is 30.2. The Labute approximate surface area is 243 Å². The van der Waals surface area contributed by atoms with Crippen LogP contribution in [-0.4, -0.2) is 66.8 Å². The molecule has 42 heavy (non-hydrogen) atoms. The number of nitrogens with one attached hydrogen (secondary N) is 3. The molecule has 1 aromatic carbocycles. The zero-order valence-corrected chi connectivity index (χ0v) is 24.8. The number of imidazole rings is 1. The Kier molecular flexibility index (Phi) is 7.76. The number of amides is 3. The van der Waals surface area contributed by atoms with Crippen molar-refractivity contribution < 1.29 is 19.1 Å². The minimum atomic E-state index is -0.539. The van der Waals surface area contributed by atoms with Crippen molar-refractivity contribution in [2.75, 3.05) is 23.3 Å². The van der Waals surface area contributed by atoms with Gasteiger partial charge in [0.15, 0.2) is 11.5 Å². The van der Waals surface area contributed by atoms with Gasteiger partial charge in [0.2, 0.25) is 5.91 Å². The van der Waals surface area contributed by atoms with Crippen molar-refractivity contribution in [3.05, 3.63) is 47.7 Å². The molecule has 0 saturated carbocycles. The van der Waals surface area contributed by atoms with Crippen LogP contribution in [0, 0.1) is 6.92 Å². The number of benzene rings is 1. The Morgan fingerprint density at radius 3 is 2.50 bits per heavy atom. The highest BCUT2D eigenvalue weighted by Gasteiger charge is 2.26. The summed E-state index contributed by atoms with van der Waals surface area (Å²) in [6.07, 6.45) is 6.60. The fourth-order valence-corrected chi connectivity index (χ4v) is 5.17. The van der Waals surface area contributed by atoms with E-state index >= 15 is 0 Å². The van der Waals surface area contributed by atoms with E-state index in [2.05, 4.69) is 35.9 Å². The van der Waals surface area contributed by atoms with E-state index in [0.29, 0.717) is 28.2 Å². The van der Waals surface area contributed by atoms with Gasteiger partial charge in [-0.1, -0.05) is 0 Å². The molecule has 222 valence electrons.